The number of Topliss-reactive ketones (excluding diaryl/α,β-unsaturated/α-hetero) is 1. The summed E-state index contributed by atoms with van der Waals surface area (Å²) in [6, 6.07) is 0. The third-order valence-electron chi connectivity index (χ3n) is 7.96. The number of carbonyl (C=O) groups excluding carboxylic acids is 2. The van der Waals surface area contributed by atoms with Crippen LogP contribution in [-0.4, -0.2) is 28.3 Å². The Morgan fingerprint density at radius 2 is 1.91 bits per heavy atom. The Morgan fingerprint density at radius 1 is 1.17 bits per heavy atom. The molecule has 4 heteroatoms. The van der Waals surface area contributed by atoms with Crippen molar-refractivity contribution in [2.45, 2.75) is 70.4 Å². The molecule has 0 heterocycles. The monoisotopic (exact) mass is 317 g/mol. The van der Waals surface area contributed by atoms with Crippen molar-refractivity contribution in [3.05, 3.63) is 11.6 Å². The van der Waals surface area contributed by atoms with Gasteiger partial charge in [-0.05, 0) is 55.4 Å². The minimum Gasteiger partial charge on any atom is -0.393 e. The number of fused-ring (bicyclic) bond motifs is 5. The van der Waals surface area contributed by atoms with Gasteiger partial charge in [-0.3, -0.25) is 9.59 Å². The second kappa shape index (κ2) is 4.54. The van der Waals surface area contributed by atoms with Crippen LogP contribution in [0.5, 0.6) is 0 Å². The number of carbonyl (C=O) groups is 2. The van der Waals surface area contributed by atoms with Crippen LogP contribution in [0.2, 0.25) is 0 Å². The van der Waals surface area contributed by atoms with Gasteiger partial charge in [-0.15, -0.1) is 0 Å². The van der Waals surface area contributed by atoms with Gasteiger partial charge < -0.3 is 10.8 Å². The molecule has 3 fully saturated rings. The summed E-state index contributed by atoms with van der Waals surface area (Å²) >= 11 is 0. The fourth-order valence-corrected chi connectivity index (χ4v) is 6.49. The van der Waals surface area contributed by atoms with Gasteiger partial charge in [0.05, 0.1) is 6.10 Å². The Labute approximate surface area is 137 Å². The van der Waals surface area contributed by atoms with E-state index >= 15 is 0 Å². The standard InChI is InChI=1S/C19H27NO3/c1-17-7-5-12(21)9-11(17)3-4-13-16(17)14(22)10-18(2)15(23)6-8-19(13,18)20/h9,13-14,16,22H,3-8,10,20H2,1-2H3/t13-,14+,16-,17+,18-,19-/m1/s1. The molecule has 3 saturated carbocycles. The van der Waals surface area contributed by atoms with E-state index in [9.17, 15) is 14.7 Å². The molecule has 0 unspecified atom stereocenters. The fraction of sp³-hybridized carbons (Fsp3) is 0.789. The van der Waals surface area contributed by atoms with E-state index in [1.165, 1.54) is 5.57 Å². The lowest BCUT2D eigenvalue weighted by Crippen LogP contribution is -2.69. The topological polar surface area (TPSA) is 80.4 Å². The number of hydrogen-bond donors (Lipinski definition) is 2. The first-order valence-corrected chi connectivity index (χ1v) is 8.96. The van der Waals surface area contributed by atoms with Crippen molar-refractivity contribution in [3.8, 4) is 0 Å². The normalized spacial score (nSPS) is 52.5. The van der Waals surface area contributed by atoms with Crippen LogP contribution >= 0.6 is 0 Å². The maximum atomic E-state index is 12.5. The highest BCUT2D eigenvalue weighted by atomic mass is 16.3. The number of rotatable bonds is 0. The molecule has 4 aliphatic carbocycles. The number of aliphatic hydroxyl groups excluding tert-OH is 1. The second-order valence-electron chi connectivity index (χ2n) is 8.79. The quantitative estimate of drug-likeness (QED) is 0.717. The van der Waals surface area contributed by atoms with Crippen molar-refractivity contribution in [3.63, 3.8) is 0 Å². The van der Waals surface area contributed by atoms with Crippen molar-refractivity contribution >= 4 is 11.6 Å². The summed E-state index contributed by atoms with van der Waals surface area (Å²) in [6.45, 7) is 4.17. The lowest BCUT2D eigenvalue weighted by molar-refractivity contribution is -0.151. The van der Waals surface area contributed by atoms with E-state index in [2.05, 4.69) is 6.92 Å². The lowest BCUT2D eigenvalue weighted by Gasteiger charge is -2.62. The van der Waals surface area contributed by atoms with E-state index < -0.39 is 17.1 Å². The van der Waals surface area contributed by atoms with Gasteiger partial charge in [0.25, 0.3) is 0 Å². The predicted octanol–water partition coefficient (Wildman–Crippen LogP) is 2.14. The van der Waals surface area contributed by atoms with Crippen LogP contribution < -0.4 is 5.73 Å². The summed E-state index contributed by atoms with van der Waals surface area (Å²) < 4.78 is 0. The Balaban J connectivity index is 1.81. The molecule has 0 aliphatic heterocycles. The first-order valence-electron chi connectivity index (χ1n) is 8.96. The molecule has 0 aromatic rings. The smallest absolute Gasteiger partial charge is 0.155 e. The van der Waals surface area contributed by atoms with Gasteiger partial charge in [0.1, 0.15) is 5.78 Å². The van der Waals surface area contributed by atoms with Crippen LogP contribution in [0.1, 0.15) is 58.8 Å². The van der Waals surface area contributed by atoms with Crippen molar-refractivity contribution in [1.29, 1.82) is 0 Å². The molecule has 0 spiro atoms. The maximum absolute atomic E-state index is 12.5. The maximum Gasteiger partial charge on any atom is 0.155 e. The molecule has 23 heavy (non-hydrogen) atoms. The summed E-state index contributed by atoms with van der Waals surface area (Å²) in [6.07, 6.45) is 6.19. The van der Waals surface area contributed by atoms with Crippen LogP contribution in [0.25, 0.3) is 0 Å². The van der Waals surface area contributed by atoms with Crippen molar-refractivity contribution in [2.24, 2.45) is 28.4 Å². The van der Waals surface area contributed by atoms with Crippen LogP contribution in [0.15, 0.2) is 11.6 Å². The Kier molecular flexibility index (Phi) is 3.07. The summed E-state index contributed by atoms with van der Waals surface area (Å²) in [7, 11) is 0. The first kappa shape index (κ1) is 15.5. The Morgan fingerprint density at radius 3 is 2.65 bits per heavy atom. The molecule has 0 saturated heterocycles. The Hall–Kier alpha value is -1.00. The minimum absolute atomic E-state index is 0.0691. The van der Waals surface area contributed by atoms with E-state index in [1.54, 1.807) is 0 Å². The van der Waals surface area contributed by atoms with Gasteiger partial charge in [0, 0.05) is 23.8 Å². The first-order chi connectivity index (χ1) is 10.7. The zero-order chi connectivity index (χ0) is 16.6. The van der Waals surface area contributed by atoms with Gasteiger partial charge in [-0.1, -0.05) is 19.4 Å². The minimum atomic E-state index is -0.588. The fourth-order valence-electron chi connectivity index (χ4n) is 6.49. The number of hydrogen-bond acceptors (Lipinski definition) is 4. The van der Waals surface area contributed by atoms with E-state index in [0.717, 1.165) is 25.7 Å². The van der Waals surface area contributed by atoms with Gasteiger partial charge in [0.2, 0.25) is 0 Å². The molecule has 126 valence electrons. The van der Waals surface area contributed by atoms with Crippen LogP contribution in [0.3, 0.4) is 0 Å². The molecule has 0 aromatic heterocycles. The molecule has 4 rings (SSSR count). The highest BCUT2D eigenvalue weighted by molar-refractivity contribution is 5.92. The zero-order valence-electron chi connectivity index (χ0n) is 14.1. The zero-order valence-corrected chi connectivity index (χ0v) is 14.1. The van der Waals surface area contributed by atoms with Crippen LogP contribution in [0.4, 0.5) is 0 Å². The van der Waals surface area contributed by atoms with E-state index in [0.29, 0.717) is 19.3 Å². The average Bonchev–Trinajstić information content (AvgIpc) is 2.72. The third-order valence-corrected chi connectivity index (χ3v) is 7.96. The van der Waals surface area contributed by atoms with Crippen LogP contribution in [-0.2, 0) is 9.59 Å². The average molecular weight is 317 g/mol. The van der Waals surface area contributed by atoms with Crippen molar-refractivity contribution in [1.82, 2.24) is 0 Å². The number of aliphatic hydroxyl groups is 1. The Bertz CT molecular complexity index is 626. The highest BCUT2D eigenvalue weighted by Crippen LogP contribution is 2.65. The summed E-state index contributed by atoms with van der Waals surface area (Å²) in [4.78, 5) is 24.3. The summed E-state index contributed by atoms with van der Waals surface area (Å²) in [5.41, 5.74) is 6.87. The molecule has 0 amide bonds. The number of ketones is 2. The second-order valence-corrected chi connectivity index (χ2v) is 8.79. The summed E-state index contributed by atoms with van der Waals surface area (Å²) in [5.74, 6) is 0.671. The lowest BCUT2D eigenvalue weighted by atomic mass is 9.44. The van der Waals surface area contributed by atoms with Gasteiger partial charge in [-0.2, -0.15) is 0 Å². The van der Waals surface area contributed by atoms with Crippen molar-refractivity contribution < 1.29 is 14.7 Å². The largest absolute Gasteiger partial charge is 0.393 e. The number of allylic oxidation sites excluding steroid dienone is 1. The van der Waals surface area contributed by atoms with Gasteiger partial charge >= 0.3 is 0 Å². The third kappa shape index (κ3) is 1.74. The molecule has 0 radical (unpaired) electrons. The summed E-state index contributed by atoms with van der Waals surface area (Å²) in [5, 5.41) is 11.0. The SMILES string of the molecule is C[C@]12CCC(=O)C=C1CC[C@@H]1[C@@H]2[C@@H](O)C[C@]2(C)C(=O)CC[C@@]12N. The van der Waals surface area contributed by atoms with Crippen LogP contribution in [0, 0.1) is 22.7 Å². The van der Waals surface area contributed by atoms with E-state index in [-0.39, 0.29) is 28.8 Å². The molecule has 6 atom stereocenters. The highest BCUT2D eigenvalue weighted by Gasteiger charge is 2.68. The molecule has 4 aliphatic rings. The number of nitrogens with two attached hydrogens (primary N) is 1. The predicted molar refractivity (Wildman–Crippen MR) is 86.5 cm³/mol. The van der Waals surface area contributed by atoms with E-state index in [4.69, 9.17) is 5.73 Å². The van der Waals surface area contributed by atoms with Crippen molar-refractivity contribution in [2.75, 3.05) is 0 Å². The molecule has 4 nitrogen and oxygen atoms in total. The molecular formula is C19H27NO3. The molecule has 0 bridgehead atoms. The van der Waals surface area contributed by atoms with Gasteiger partial charge in [0.15, 0.2) is 5.78 Å². The molecule has 3 N–H and O–H groups in total. The molecular weight excluding hydrogens is 290 g/mol. The van der Waals surface area contributed by atoms with Gasteiger partial charge in [-0.25, -0.2) is 0 Å². The molecule has 0 aromatic carbocycles. The van der Waals surface area contributed by atoms with E-state index in [1.807, 2.05) is 13.0 Å².